The molecule has 3 rings (SSSR count). The first kappa shape index (κ1) is 13.3. The van der Waals surface area contributed by atoms with Crippen LogP contribution in [0.4, 0.5) is 0 Å². The van der Waals surface area contributed by atoms with Crippen LogP contribution in [-0.4, -0.2) is 20.7 Å². The average molecular weight is 287 g/mol. The molecule has 2 aromatic carbocycles. The minimum Gasteiger partial charge on any atom is -0.330 e. The fourth-order valence-corrected chi connectivity index (χ4v) is 4.98. The summed E-state index contributed by atoms with van der Waals surface area (Å²) in [6.07, 6.45) is 0. The van der Waals surface area contributed by atoms with E-state index in [-0.39, 0.29) is 17.6 Å². The van der Waals surface area contributed by atoms with Crippen molar-refractivity contribution in [3.63, 3.8) is 0 Å². The van der Waals surface area contributed by atoms with E-state index in [9.17, 15) is 8.42 Å². The Hall–Kier alpha value is -1.65. The van der Waals surface area contributed by atoms with Crippen LogP contribution in [0.3, 0.4) is 0 Å². The number of nitrogens with two attached hydrogens (primary N) is 1. The van der Waals surface area contributed by atoms with Gasteiger partial charge in [-0.2, -0.15) is 0 Å². The molecule has 2 atom stereocenters. The number of hydrogen-bond donors (Lipinski definition) is 1. The van der Waals surface area contributed by atoms with Gasteiger partial charge in [0.05, 0.1) is 10.6 Å². The zero-order valence-corrected chi connectivity index (χ0v) is 11.9. The van der Waals surface area contributed by atoms with Gasteiger partial charge in [0.1, 0.15) is 0 Å². The second-order valence-electron chi connectivity index (χ2n) is 5.18. The summed E-state index contributed by atoms with van der Waals surface area (Å²) in [4.78, 5) is 0.472. The molecule has 2 unspecified atom stereocenters. The Morgan fingerprint density at radius 2 is 1.70 bits per heavy atom. The molecule has 4 heteroatoms. The minimum absolute atomic E-state index is 0.0367. The summed E-state index contributed by atoms with van der Waals surface area (Å²) in [6, 6.07) is 17.2. The van der Waals surface area contributed by atoms with Gasteiger partial charge in [0.25, 0.3) is 0 Å². The molecule has 0 spiro atoms. The van der Waals surface area contributed by atoms with Gasteiger partial charge in [-0.3, -0.25) is 0 Å². The SMILES string of the molecule is NCC(c1ccccc1)C1CS(=O)(=O)c2ccccc21. The van der Waals surface area contributed by atoms with Gasteiger partial charge in [0.15, 0.2) is 9.84 Å². The Bertz CT molecular complexity index is 710. The molecule has 3 nitrogen and oxygen atoms in total. The quantitative estimate of drug-likeness (QED) is 0.942. The van der Waals surface area contributed by atoms with Crippen LogP contribution in [0.15, 0.2) is 59.5 Å². The lowest BCUT2D eigenvalue weighted by atomic mass is 9.83. The Morgan fingerprint density at radius 1 is 1.05 bits per heavy atom. The molecule has 2 N–H and O–H groups in total. The first-order valence-corrected chi connectivity index (χ1v) is 8.35. The van der Waals surface area contributed by atoms with E-state index in [1.54, 1.807) is 12.1 Å². The molecular weight excluding hydrogens is 270 g/mol. The second-order valence-corrected chi connectivity index (χ2v) is 7.18. The molecular formula is C16H17NO2S. The Morgan fingerprint density at radius 3 is 2.40 bits per heavy atom. The highest BCUT2D eigenvalue weighted by atomic mass is 32.2. The van der Waals surface area contributed by atoms with Crippen molar-refractivity contribution in [2.75, 3.05) is 12.3 Å². The van der Waals surface area contributed by atoms with Crippen LogP contribution in [0, 0.1) is 0 Å². The largest absolute Gasteiger partial charge is 0.330 e. The van der Waals surface area contributed by atoms with Crippen molar-refractivity contribution < 1.29 is 8.42 Å². The van der Waals surface area contributed by atoms with Crippen LogP contribution >= 0.6 is 0 Å². The molecule has 0 aromatic heterocycles. The molecule has 1 aliphatic heterocycles. The lowest BCUT2D eigenvalue weighted by Gasteiger charge is -2.22. The maximum atomic E-state index is 12.3. The smallest absolute Gasteiger partial charge is 0.179 e. The molecule has 0 bridgehead atoms. The van der Waals surface area contributed by atoms with Crippen molar-refractivity contribution in [1.82, 2.24) is 0 Å². The van der Waals surface area contributed by atoms with Crippen molar-refractivity contribution in [1.29, 1.82) is 0 Å². The van der Waals surface area contributed by atoms with E-state index in [2.05, 4.69) is 0 Å². The standard InChI is InChI=1S/C16H17NO2S/c17-10-14(12-6-2-1-3-7-12)15-11-20(18,19)16-9-5-4-8-13(15)16/h1-9,14-15H,10-11,17H2. The molecule has 20 heavy (non-hydrogen) atoms. The van der Waals surface area contributed by atoms with E-state index in [0.717, 1.165) is 11.1 Å². The fraction of sp³-hybridized carbons (Fsp3) is 0.250. The summed E-state index contributed by atoms with van der Waals surface area (Å²) in [6.45, 7) is 0.443. The first-order chi connectivity index (χ1) is 9.63. The number of sulfone groups is 1. The molecule has 1 heterocycles. The van der Waals surface area contributed by atoms with Gasteiger partial charge in [0, 0.05) is 11.8 Å². The van der Waals surface area contributed by atoms with Crippen LogP contribution in [0.2, 0.25) is 0 Å². The normalized spacial score (nSPS) is 21.4. The Labute approximate surface area is 119 Å². The Balaban J connectivity index is 2.08. The topological polar surface area (TPSA) is 60.2 Å². The number of rotatable bonds is 3. The van der Waals surface area contributed by atoms with Gasteiger partial charge in [-0.05, 0) is 23.7 Å². The number of fused-ring (bicyclic) bond motifs is 1. The summed E-state index contributed by atoms with van der Waals surface area (Å²) in [5, 5.41) is 0. The third kappa shape index (κ3) is 2.15. The van der Waals surface area contributed by atoms with Crippen molar-refractivity contribution in [3.05, 3.63) is 65.7 Å². The molecule has 104 valence electrons. The van der Waals surface area contributed by atoms with Gasteiger partial charge >= 0.3 is 0 Å². The molecule has 0 saturated carbocycles. The van der Waals surface area contributed by atoms with Gasteiger partial charge in [-0.15, -0.1) is 0 Å². The van der Waals surface area contributed by atoms with Crippen LogP contribution in [0.5, 0.6) is 0 Å². The summed E-state index contributed by atoms with van der Waals surface area (Å²) in [5.74, 6) is 0.140. The molecule has 2 aromatic rings. The van der Waals surface area contributed by atoms with E-state index >= 15 is 0 Å². The highest BCUT2D eigenvalue weighted by Crippen LogP contribution is 2.42. The predicted octanol–water partition coefficient (Wildman–Crippen LogP) is 2.30. The first-order valence-electron chi connectivity index (χ1n) is 6.70. The van der Waals surface area contributed by atoms with Crippen molar-refractivity contribution in [3.8, 4) is 0 Å². The van der Waals surface area contributed by atoms with Crippen molar-refractivity contribution in [2.24, 2.45) is 5.73 Å². The third-order valence-corrected chi connectivity index (χ3v) is 5.86. The highest BCUT2D eigenvalue weighted by Gasteiger charge is 2.38. The zero-order valence-electron chi connectivity index (χ0n) is 11.1. The van der Waals surface area contributed by atoms with Crippen LogP contribution < -0.4 is 5.73 Å². The highest BCUT2D eigenvalue weighted by molar-refractivity contribution is 7.91. The van der Waals surface area contributed by atoms with E-state index in [4.69, 9.17) is 5.73 Å². The van der Waals surface area contributed by atoms with E-state index < -0.39 is 9.84 Å². The predicted molar refractivity (Wildman–Crippen MR) is 79.5 cm³/mol. The van der Waals surface area contributed by atoms with Gasteiger partial charge in [0.2, 0.25) is 0 Å². The molecule has 0 amide bonds. The van der Waals surface area contributed by atoms with Crippen molar-refractivity contribution >= 4 is 9.84 Å². The average Bonchev–Trinajstić information content (AvgIpc) is 2.74. The van der Waals surface area contributed by atoms with Crippen molar-refractivity contribution in [2.45, 2.75) is 16.7 Å². The second kappa shape index (κ2) is 5.04. The fourth-order valence-electron chi connectivity index (χ4n) is 3.05. The Kier molecular flexibility index (Phi) is 3.36. The third-order valence-electron chi connectivity index (χ3n) is 4.02. The van der Waals surface area contributed by atoms with Gasteiger partial charge in [-0.1, -0.05) is 48.5 Å². The maximum absolute atomic E-state index is 12.3. The zero-order chi connectivity index (χ0) is 14.2. The van der Waals surface area contributed by atoms with Crippen LogP contribution in [-0.2, 0) is 9.84 Å². The summed E-state index contributed by atoms with van der Waals surface area (Å²) in [5.41, 5.74) is 7.95. The number of hydrogen-bond acceptors (Lipinski definition) is 3. The molecule has 1 aliphatic rings. The molecule has 0 fully saturated rings. The van der Waals surface area contributed by atoms with E-state index in [1.807, 2.05) is 42.5 Å². The van der Waals surface area contributed by atoms with Gasteiger partial charge < -0.3 is 5.73 Å². The molecule has 0 saturated heterocycles. The molecule has 0 radical (unpaired) electrons. The van der Waals surface area contributed by atoms with E-state index in [1.165, 1.54) is 0 Å². The van der Waals surface area contributed by atoms with Gasteiger partial charge in [-0.25, -0.2) is 8.42 Å². The molecule has 0 aliphatic carbocycles. The van der Waals surface area contributed by atoms with E-state index in [0.29, 0.717) is 11.4 Å². The number of benzene rings is 2. The summed E-state index contributed by atoms with van der Waals surface area (Å²) >= 11 is 0. The monoisotopic (exact) mass is 287 g/mol. The minimum atomic E-state index is -3.17. The summed E-state index contributed by atoms with van der Waals surface area (Å²) in [7, 11) is -3.17. The maximum Gasteiger partial charge on any atom is 0.179 e. The van der Waals surface area contributed by atoms with Crippen LogP contribution in [0.1, 0.15) is 23.0 Å². The summed E-state index contributed by atoms with van der Waals surface area (Å²) < 4.78 is 24.5. The lowest BCUT2D eigenvalue weighted by Crippen LogP contribution is -2.21. The van der Waals surface area contributed by atoms with Crippen LogP contribution in [0.25, 0.3) is 0 Å². The lowest BCUT2D eigenvalue weighted by molar-refractivity contribution is 0.573.